The maximum atomic E-state index is 14.7. The minimum Gasteiger partial charge on any atom is -0.451 e. The second-order valence-electron chi connectivity index (χ2n) is 7.43. The van der Waals surface area contributed by atoms with E-state index >= 15 is 0 Å². The van der Waals surface area contributed by atoms with Crippen LogP contribution in [0.15, 0.2) is 65.8 Å². The number of aromatic nitrogens is 1. The first kappa shape index (κ1) is 35.4. The SMILES string of the molecule is CC.CC.CN(CCN(CC(=O)NO)Sc1cc(F)c(Oc2ccc(Cl)cc2)c(F)c1)S(=O)Cc1ccncc1. The number of likely N-dealkylation sites (N-methyl/N-ethyl adjacent to an activating group) is 1. The molecule has 0 spiro atoms. The summed E-state index contributed by atoms with van der Waals surface area (Å²) in [6, 6.07) is 11.7. The Hall–Kier alpha value is -2.61. The van der Waals surface area contributed by atoms with Gasteiger partial charge < -0.3 is 4.74 Å². The number of benzene rings is 2. The van der Waals surface area contributed by atoms with E-state index in [-0.39, 0.29) is 36.0 Å². The maximum absolute atomic E-state index is 14.7. The second kappa shape index (κ2) is 19.5. The van der Waals surface area contributed by atoms with Gasteiger partial charge >= 0.3 is 0 Å². The Balaban J connectivity index is 0.00000191. The lowest BCUT2D eigenvalue weighted by Gasteiger charge is -2.23. The molecule has 0 aliphatic heterocycles. The fraction of sp³-hybridized carbons (Fsp3) is 0.333. The summed E-state index contributed by atoms with van der Waals surface area (Å²) in [6.45, 7) is 8.19. The number of pyridine rings is 1. The van der Waals surface area contributed by atoms with Gasteiger partial charge in [0.2, 0.25) is 0 Å². The zero-order valence-electron chi connectivity index (χ0n) is 23.1. The van der Waals surface area contributed by atoms with Gasteiger partial charge in [-0.2, -0.15) is 0 Å². The van der Waals surface area contributed by atoms with Crippen LogP contribution in [0.3, 0.4) is 0 Å². The molecule has 1 atom stereocenters. The number of nitrogens with one attached hydrogen (secondary N) is 1. The van der Waals surface area contributed by atoms with Crippen molar-refractivity contribution in [1.82, 2.24) is 19.1 Å². The average molecular weight is 617 g/mol. The molecule has 2 aromatic carbocycles. The van der Waals surface area contributed by atoms with Crippen molar-refractivity contribution >= 4 is 40.4 Å². The van der Waals surface area contributed by atoms with Gasteiger partial charge in [-0.05, 0) is 73.1 Å². The number of hydrogen-bond donors (Lipinski definition) is 2. The van der Waals surface area contributed by atoms with Crippen molar-refractivity contribution in [1.29, 1.82) is 0 Å². The largest absolute Gasteiger partial charge is 0.451 e. The quantitative estimate of drug-likeness (QED) is 0.137. The summed E-state index contributed by atoms with van der Waals surface area (Å²) in [5, 5.41) is 9.37. The lowest BCUT2D eigenvalue weighted by atomic mass is 10.3. The van der Waals surface area contributed by atoms with E-state index in [4.69, 9.17) is 21.5 Å². The van der Waals surface area contributed by atoms with E-state index in [2.05, 4.69) is 4.98 Å². The molecule has 1 amide bonds. The highest BCUT2D eigenvalue weighted by Crippen LogP contribution is 2.33. The number of hydroxylamine groups is 1. The molecule has 1 unspecified atom stereocenters. The molecule has 2 N–H and O–H groups in total. The Morgan fingerprint density at radius 3 is 2.17 bits per heavy atom. The molecule has 8 nitrogen and oxygen atoms in total. The number of ether oxygens (including phenoxy) is 1. The fourth-order valence-electron chi connectivity index (χ4n) is 2.89. The number of carbonyl (C=O) groups is 1. The molecular weight excluding hydrogens is 582 g/mol. The molecule has 40 heavy (non-hydrogen) atoms. The summed E-state index contributed by atoms with van der Waals surface area (Å²) < 4.78 is 50.4. The molecule has 0 radical (unpaired) electrons. The van der Waals surface area contributed by atoms with Crippen LogP contribution in [0.5, 0.6) is 11.5 Å². The van der Waals surface area contributed by atoms with Crippen LogP contribution >= 0.6 is 23.5 Å². The van der Waals surface area contributed by atoms with E-state index in [1.807, 2.05) is 27.7 Å². The first-order chi connectivity index (χ1) is 19.2. The van der Waals surface area contributed by atoms with Gasteiger partial charge in [0.1, 0.15) is 5.75 Å². The predicted molar refractivity (Wildman–Crippen MR) is 157 cm³/mol. The Bertz CT molecular complexity index is 1170. The summed E-state index contributed by atoms with van der Waals surface area (Å²) in [4.78, 5) is 15.9. The van der Waals surface area contributed by atoms with Crippen LogP contribution in [0.1, 0.15) is 33.3 Å². The van der Waals surface area contributed by atoms with Gasteiger partial charge in [0.15, 0.2) is 17.4 Å². The first-order valence-corrected chi connectivity index (χ1v) is 14.9. The number of amides is 1. The molecule has 0 fully saturated rings. The minimum absolute atomic E-state index is 0.166. The maximum Gasteiger partial charge on any atom is 0.258 e. The average Bonchev–Trinajstić information content (AvgIpc) is 2.97. The minimum atomic E-state index is -1.35. The number of carbonyl (C=O) groups excluding carboxylic acids is 1. The van der Waals surface area contributed by atoms with E-state index in [0.29, 0.717) is 5.02 Å². The summed E-state index contributed by atoms with van der Waals surface area (Å²) in [5.41, 5.74) is 2.39. The molecule has 0 saturated carbocycles. The van der Waals surface area contributed by atoms with Crippen molar-refractivity contribution < 1.29 is 27.7 Å². The molecule has 1 heterocycles. The van der Waals surface area contributed by atoms with Crippen molar-refractivity contribution in [3.63, 3.8) is 0 Å². The Morgan fingerprint density at radius 1 is 1.05 bits per heavy atom. The van der Waals surface area contributed by atoms with E-state index < -0.39 is 34.3 Å². The van der Waals surface area contributed by atoms with Crippen molar-refractivity contribution in [2.24, 2.45) is 0 Å². The summed E-state index contributed by atoms with van der Waals surface area (Å²) in [5.74, 6) is -2.67. The summed E-state index contributed by atoms with van der Waals surface area (Å²) >= 11 is 6.72. The van der Waals surface area contributed by atoms with E-state index in [1.165, 1.54) is 34.1 Å². The van der Waals surface area contributed by atoms with Crippen LogP contribution in [0.25, 0.3) is 0 Å². The van der Waals surface area contributed by atoms with Gasteiger partial charge in [0.05, 0.1) is 23.3 Å². The van der Waals surface area contributed by atoms with Crippen molar-refractivity contribution in [2.75, 3.05) is 26.7 Å². The molecule has 0 aliphatic carbocycles. The van der Waals surface area contributed by atoms with Crippen LogP contribution in [0.4, 0.5) is 8.78 Å². The van der Waals surface area contributed by atoms with Crippen LogP contribution in [-0.4, -0.2) is 55.6 Å². The van der Waals surface area contributed by atoms with Crippen molar-refractivity contribution in [3.8, 4) is 11.5 Å². The molecule has 0 aliphatic rings. The normalized spacial score (nSPS) is 11.2. The Kier molecular flexibility index (Phi) is 17.2. The molecule has 0 bridgehead atoms. The van der Waals surface area contributed by atoms with Gasteiger partial charge in [-0.25, -0.2) is 27.1 Å². The molecular formula is C27H35ClF2N4O4S2. The molecule has 1 aromatic heterocycles. The fourth-order valence-corrected chi connectivity index (χ4v) is 4.97. The highest BCUT2D eigenvalue weighted by Gasteiger charge is 2.19. The monoisotopic (exact) mass is 616 g/mol. The lowest BCUT2D eigenvalue weighted by molar-refractivity contribution is -0.129. The number of rotatable bonds is 12. The van der Waals surface area contributed by atoms with E-state index in [1.54, 1.807) is 35.9 Å². The molecule has 220 valence electrons. The van der Waals surface area contributed by atoms with Crippen LogP contribution in [0.2, 0.25) is 5.02 Å². The lowest BCUT2D eigenvalue weighted by Crippen LogP contribution is -2.37. The van der Waals surface area contributed by atoms with Crippen LogP contribution < -0.4 is 10.2 Å². The number of nitrogens with zero attached hydrogens (tertiary/aromatic N) is 3. The molecule has 13 heteroatoms. The summed E-state index contributed by atoms with van der Waals surface area (Å²) in [7, 11) is 0.311. The number of hydrogen-bond acceptors (Lipinski definition) is 7. The van der Waals surface area contributed by atoms with Gasteiger partial charge in [0, 0.05) is 35.4 Å². The van der Waals surface area contributed by atoms with Gasteiger partial charge in [-0.1, -0.05) is 39.3 Å². The molecule has 3 rings (SSSR count). The van der Waals surface area contributed by atoms with Crippen molar-refractivity contribution in [3.05, 3.63) is 83.1 Å². The van der Waals surface area contributed by atoms with Gasteiger partial charge in [-0.15, -0.1) is 0 Å². The number of halogens is 3. The van der Waals surface area contributed by atoms with Crippen molar-refractivity contribution in [2.45, 2.75) is 38.3 Å². The standard InChI is InChI=1S/C23H23ClF2N4O4S2.2C2H6/c1-29(36(33)15-16-6-8-27-9-7-16)10-11-30(14-22(31)28-32)35-19-12-20(25)23(21(26)13-19)34-18-4-2-17(24)3-5-18;2*1-2/h2-9,12-13,32H,10-11,14-15H2,1H3,(H,28,31);2*1-2H3. The highest BCUT2D eigenvalue weighted by atomic mass is 35.5. The third kappa shape index (κ3) is 12.3. The van der Waals surface area contributed by atoms with Gasteiger partial charge in [-0.3, -0.25) is 15.0 Å². The second-order valence-corrected chi connectivity index (χ2v) is 10.6. The Labute approximate surface area is 246 Å². The molecule has 3 aromatic rings. The van der Waals surface area contributed by atoms with E-state index in [0.717, 1.165) is 29.6 Å². The van der Waals surface area contributed by atoms with Crippen LogP contribution in [-0.2, 0) is 21.5 Å². The van der Waals surface area contributed by atoms with Crippen LogP contribution in [0, 0.1) is 11.6 Å². The Morgan fingerprint density at radius 2 is 1.62 bits per heavy atom. The van der Waals surface area contributed by atoms with Gasteiger partial charge in [0.25, 0.3) is 5.91 Å². The summed E-state index contributed by atoms with van der Waals surface area (Å²) in [6.07, 6.45) is 3.23. The smallest absolute Gasteiger partial charge is 0.258 e. The zero-order valence-corrected chi connectivity index (χ0v) is 25.5. The predicted octanol–water partition coefficient (Wildman–Crippen LogP) is 6.47. The highest BCUT2D eigenvalue weighted by molar-refractivity contribution is 7.97. The topological polar surface area (TPSA) is 95.0 Å². The third-order valence-electron chi connectivity index (χ3n) is 4.74. The zero-order chi connectivity index (χ0) is 30.1. The van der Waals surface area contributed by atoms with E-state index in [9.17, 15) is 17.8 Å². The molecule has 0 saturated heterocycles. The first-order valence-electron chi connectivity index (χ1n) is 12.5. The third-order valence-corrected chi connectivity index (χ3v) is 7.46.